The highest BCUT2D eigenvalue weighted by atomic mass is 19.4. The molecule has 0 fully saturated rings. The van der Waals surface area contributed by atoms with Gasteiger partial charge in [-0.25, -0.2) is 4.79 Å². The van der Waals surface area contributed by atoms with E-state index in [1.165, 1.54) is 6.07 Å². The van der Waals surface area contributed by atoms with E-state index in [9.17, 15) is 27.6 Å². The fourth-order valence-electron chi connectivity index (χ4n) is 3.65. The van der Waals surface area contributed by atoms with Crippen LogP contribution < -0.4 is 10.8 Å². The van der Waals surface area contributed by atoms with Crippen LogP contribution in [0, 0.1) is 0 Å². The van der Waals surface area contributed by atoms with Crippen molar-refractivity contribution in [2.24, 2.45) is 0 Å². The van der Waals surface area contributed by atoms with Crippen molar-refractivity contribution in [3.05, 3.63) is 53.0 Å². The van der Waals surface area contributed by atoms with Crippen LogP contribution in [0.1, 0.15) is 62.3 Å². The minimum atomic E-state index is -4.57. The van der Waals surface area contributed by atoms with Crippen LogP contribution in [-0.2, 0) is 19.2 Å². The number of hydrogen-bond acceptors (Lipinski definition) is 7. The molecule has 0 bridgehead atoms. The molecule has 200 valence electrons. The molecule has 0 saturated carbocycles. The number of allylic oxidation sites excluding steroid dienone is 1. The average molecular weight is 524 g/mol. The molecule has 2 atom stereocenters. The van der Waals surface area contributed by atoms with Crippen LogP contribution >= 0.6 is 0 Å². The lowest BCUT2D eigenvalue weighted by Gasteiger charge is -2.23. The summed E-state index contributed by atoms with van der Waals surface area (Å²) >= 11 is 0. The van der Waals surface area contributed by atoms with Gasteiger partial charge in [0, 0.05) is 24.6 Å². The third kappa shape index (κ3) is 6.40. The lowest BCUT2D eigenvalue weighted by atomic mass is 10.1. The maximum atomic E-state index is 12.8. The Kier molecular flexibility index (Phi) is 8.46. The number of nitrogens with one attached hydrogen (secondary N) is 3. The molecule has 3 rings (SSSR count). The number of carbonyl (C=O) groups excluding carboxylic acids is 3. The number of hydroxylamine groups is 1. The van der Waals surface area contributed by atoms with E-state index in [1.807, 2.05) is 19.2 Å². The molecule has 1 aromatic carbocycles. The fourth-order valence-corrected chi connectivity index (χ4v) is 3.65. The zero-order valence-corrected chi connectivity index (χ0v) is 20.7. The standard InChI is InChI=1S/C24H28F3N5O5/c1-5-8-19(33)37-31-22(35)20-18(6-2)32(4)23(36-20)15-10-7-9-14(11-15)16-12-17(30-29-16)21(34)28-13(3)24(25,26)27/h7,9-13,23H,5-6,8H2,1-4H3,(H,28,34)(H,29,30)(H,31,35). The van der Waals surface area contributed by atoms with Crippen LogP contribution in [0.5, 0.6) is 0 Å². The van der Waals surface area contributed by atoms with Gasteiger partial charge >= 0.3 is 18.1 Å². The molecule has 0 spiro atoms. The highest BCUT2D eigenvalue weighted by Crippen LogP contribution is 2.37. The number of H-pyrrole nitrogens is 1. The summed E-state index contributed by atoms with van der Waals surface area (Å²) in [6.45, 7) is 4.50. The predicted octanol–water partition coefficient (Wildman–Crippen LogP) is 3.71. The molecular formula is C24H28F3N5O5. The van der Waals surface area contributed by atoms with E-state index < -0.39 is 36.2 Å². The normalized spacial score (nSPS) is 16.3. The molecule has 0 saturated heterocycles. The Balaban J connectivity index is 1.75. The zero-order valence-electron chi connectivity index (χ0n) is 20.7. The zero-order chi connectivity index (χ0) is 27.3. The predicted molar refractivity (Wildman–Crippen MR) is 125 cm³/mol. The van der Waals surface area contributed by atoms with Gasteiger partial charge in [-0.2, -0.15) is 23.8 Å². The van der Waals surface area contributed by atoms with Gasteiger partial charge in [0.1, 0.15) is 11.7 Å². The van der Waals surface area contributed by atoms with Crippen LogP contribution in [0.4, 0.5) is 13.2 Å². The topological polar surface area (TPSA) is 126 Å². The van der Waals surface area contributed by atoms with E-state index in [2.05, 4.69) is 15.7 Å². The fraction of sp³-hybridized carbons (Fsp3) is 0.417. The first-order valence-corrected chi connectivity index (χ1v) is 11.6. The molecule has 37 heavy (non-hydrogen) atoms. The lowest BCUT2D eigenvalue weighted by Crippen LogP contribution is -2.43. The summed E-state index contributed by atoms with van der Waals surface area (Å²) in [6, 6.07) is 6.25. The van der Waals surface area contributed by atoms with Crippen molar-refractivity contribution in [3.8, 4) is 11.3 Å². The molecule has 2 aromatic rings. The Morgan fingerprint density at radius 1 is 1.22 bits per heavy atom. The molecule has 1 aliphatic heterocycles. The first-order chi connectivity index (χ1) is 17.5. The summed E-state index contributed by atoms with van der Waals surface area (Å²) in [5, 5.41) is 8.38. The molecule has 10 nitrogen and oxygen atoms in total. The van der Waals surface area contributed by atoms with Crippen LogP contribution in [0.3, 0.4) is 0 Å². The van der Waals surface area contributed by atoms with E-state index in [1.54, 1.807) is 36.2 Å². The molecule has 2 amide bonds. The monoisotopic (exact) mass is 523 g/mol. The Morgan fingerprint density at radius 2 is 1.95 bits per heavy atom. The second kappa shape index (κ2) is 11.4. The van der Waals surface area contributed by atoms with E-state index in [0.717, 1.165) is 6.92 Å². The van der Waals surface area contributed by atoms with Crippen molar-refractivity contribution in [2.75, 3.05) is 7.05 Å². The van der Waals surface area contributed by atoms with Gasteiger partial charge in [0.05, 0.1) is 11.4 Å². The third-order valence-corrected chi connectivity index (χ3v) is 5.65. The van der Waals surface area contributed by atoms with Gasteiger partial charge in [-0.05, 0) is 31.9 Å². The molecular weight excluding hydrogens is 495 g/mol. The van der Waals surface area contributed by atoms with Crippen molar-refractivity contribution >= 4 is 17.8 Å². The smallest absolute Gasteiger partial charge is 0.408 e. The van der Waals surface area contributed by atoms with Crippen molar-refractivity contribution < 1.29 is 37.1 Å². The number of nitrogens with zero attached hydrogens (tertiary/aromatic N) is 2. The van der Waals surface area contributed by atoms with Gasteiger partial charge in [0.25, 0.3) is 5.91 Å². The first-order valence-electron chi connectivity index (χ1n) is 11.6. The van der Waals surface area contributed by atoms with Gasteiger partial charge in [0.15, 0.2) is 6.23 Å². The number of alkyl halides is 3. The quantitative estimate of drug-likeness (QED) is 0.451. The highest BCUT2D eigenvalue weighted by Gasteiger charge is 2.38. The summed E-state index contributed by atoms with van der Waals surface area (Å²) in [5.41, 5.74) is 4.13. The van der Waals surface area contributed by atoms with Crippen molar-refractivity contribution in [1.82, 2.24) is 25.9 Å². The molecule has 1 aromatic heterocycles. The average Bonchev–Trinajstić information content (AvgIpc) is 3.47. The Hall–Kier alpha value is -4.03. The summed E-state index contributed by atoms with van der Waals surface area (Å²) in [5.74, 6) is -2.18. The number of halogens is 3. The second-order valence-electron chi connectivity index (χ2n) is 8.39. The number of carbonyl (C=O) groups is 3. The van der Waals surface area contributed by atoms with Gasteiger partial charge in [-0.1, -0.05) is 32.0 Å². The first kappa shape index (κ1) is 27.6. The Bertz CT molecular complexity index is 1190. The molecule has 0 radical (unpaired) electrons. The summed E-state index contributed by atoms with van der Waals surface area (Å²) in [7, 11) is 1.75. The molecule has 2 heterocycles. The Labute approximate surface area is 211 Å². The molecule has 1 aliphatic rings. The van der Waals surface area contributed by atoms with Crippen LogP contribution in [0.25, 0.3) is 11.3 Å². The second-order valence-corrected chi connectivity index (χ2v) is 8.39. The minimum absolute atomic E-state index is 0.0159. The van der Waals surface area contributed by atoms with Gasteiger partial charge in [-0.15, -0.1) is 0 Å². The molecule has 0 aliphatic carbocycles. The summed E-state index contributed by atoms with van der Waals surface area (Å²) in [4.78, 5) is 42.9. The van der Waals surface area contributed by atoms with E-state index in [4.69, 9.17) is 9.57 Å². The minimum Gasteiger partial charge on any atom is -0.459 e. The van der Waals surface area contributed by atoms with Gasteiger partial charge in [-0.3, -0.25) is 14.7 Å². The van der Waals surface area contributed by atoms with Crippen LogP contribution in [-0.4, -0.2) is 52.1 Å². The van der Waals surface area contributed by atoms with Crippen molar-refractivity contribution in [1.29, 1.82) is 0 Å². The number of benzene rings is 1. The van der Waals surface area contributed by atoms with Gasteiger partial charge < -0.3 is 19.8 Å². The maximum absolute atomic E-state index is 12.8. The van der Waals surface area contributed by atoms with E-state index >= 15 is 0 Å². The maximum Gasteiger partial charge on any atom is 0.408 e. The molecule has 2 unspecified atom stereocenters. The van der Waals surface area contributed by atoms with Gasteiger partial charge in [0.2, 0.25) is 5.76 Å². The lowest BCUT2D eigenvalue weighted by molar-refractivity contribution is -0.158. The van der Waals surface area contributed by atoms with Crippen molar-refractivity contribution in [3.63, 3.8) is 0 Å². The summed E-state index contributed by atoms with van der Waals surface area (Å²) < 4.78 is 44.2. The Morgan fingerprint density at radius 3 is 2.59 bits per heavy atom. The molecule has 13 heteroatoms. The third-order valence-electron chi connectivity index (χ3n) is 5.65. The number of aromatic nitrogens is 2. The van der Waals surface area contributed by atoms with Crippen LogP contribution in [0.15, 0.2) is 41.8 Å². The number of rotatable bonds is 8. The van der Waals surface area contributed by atoms with Crippen LogP contribution in [0.2, 0.25) is 0 Å². The van der Waals surface area contributed by atoms with E-state index in [-0.39, 0.29) is 17.9 Å². The number of aromatic amines is 1. The number of amides is 2. The summed E-state index contributed by atoms with van der Waals surface area (Å²) in [6.07, 6.45) is -4.06. The highest BCUT2D eigenvalue weighted by molar-refractivity contribution is 5.94. The van der Waals surface area contributed by atoms with E-state index in [0.29, 0.717) is 35.4 Å². The SMILES string of the molecule is CCCC(=O)ONC(=O)C1=C(CC)N(C)C(c2cccc(-c3cc(C(=O)NC(C)C(F)(F)F)[nH]n3)c2)O1. The largest absolute Gasteiger partial charge is 0.459 e. The van der Waals surface area contributed by atoms with Crippen molar-refractivity contribution in [2.45, 2.75) is 58.5 Å². The number of hydrogen-bond donors (Lipinski definition) is 3. The number of ether oxygens (including phenoxy) is 1. The molecule has 3 N–H and O–H groups in total.